The van der Waals surface area contributed by atoms with Gasteiger partial charge in [-0.25, -0.2) is 4.79 Å². The summed E-state index contributed by atoms with van der Waals surface area (Å²) in [5, 5.41) is 15.1. The predicted molar refractivity (Wildman–Crippen MR) is 114 cm³/mol. The van der Waals surface area contributed by atoms with E-state index in [2.05, 4.69) is 10.6 Å². The molecule has 7 nitrogen and oxygen atoms in total. The molecule has 0 unspecified atom stereocenters. The molecule has 1 aliphatic heterocycles. The average Bonchev–Trinajstić information content (AvgIpc) is 3.07. The highest BCUT2D eigenvalue weighted by Crippen LogP contribution is 2.38. The Bertz CT molecular complexity index is 1200. The zero-order valence-electron chi connectivity index (χ0n) is 15.7. The van der Waals surface area contributed by atoms with Crippen molar-refractivity contribution < 1.29 is 19.5 Å². The maximum Gasteiger partial charge on any atom is 0.335 e. The molecule has 7 heteroatoms. The summed E-state index contributed by atoms with van der Waals surface area (Å²) in [6.45, 7) is 0. The van der Waals surface area contributed by atoms with Crippen molar-refractivity contribution in [3.63, 3.8) is 0 Å². The molecular weight excluding hydrogens is 382 g/mol. The molecule has 148 valence electrons. The summed E-state index contributed by atoms with van der Waals surface area (Å²) in [6.07, 6.45) is 0. The molecule has 0 atom stereocenters. The average molecular weight is 399 g/mol. The summed E-state index contributed by atoms with van der Waals surface area (Å²) >= 11 is 0. The third kappa shape index (κ3) is 3.51. The van der Waals surface area contributed by atoms with Gasteiger partial charge in [0.1, 0.15) is 0 Å². The van der Waals surface area contributed by atoms with Gasteiger partial charge in [0, 0.05) is 22.5 Å². The highest BCUT2D eigenvalue weighted by atomic mass is 16.4. The van der Waals surface area contributed by atoms with Crippen LogP contribution in [0, 0.1) is 0 Å². The van der Waals surface area contributed by atoms with Gasteiger partial charge in [-0.2, -0.15) is 0 Å². The van der Waals surface area contributed by atoms with E-state index in [0.29, 0.717) is 33.8 Å². The molecule has 0 radical (unpaired) electrons. The minimum absolute atomic E-state index is 0.164. The zero-order chi connectivity index (χ0) is 21.3. The number of carbonyl (C=O) groups excluding carboxylic acids is 2. The van der Waals surface area contributed by atoms with Gasteiger partial charge < -0.3 is 21.5 Å². The monoisotopic (exact) mass is 399 g/mol. The van der Waals surface area contributed by atoms with Gasteiger partial charge in [0.05, 0.1) is 16.8 Å². The van der Waals surface area contributed by atoms with Crippen molar-refractivity contribution in [1.29, 1.82) is 0 Å². The Morgan fingerprint density at radius 2 is 1.53 bits per heavy atom. The number of aromatic carboxylic acids is 1. The number of carboxylic acid groups (broad SMARTS) is 1. The van der Waals surface area contributed by atoms with Crippen LogP contribution in [-0.2, 0) is 4.79 Å². The van der Waals surface area contributed by atoms with E-state index in [1.165, 1.54) is 12.1 Å². The lowest BCUT2D eigenvalue weighted by molar-refractivity contribution is -0.110. The number of rotatable bonds is 5. The first-order valence-corrected chi connectivity index (χ1v) is 9.09. The summed E-state index contributed by atoms with van der Waals surface area (Å²) in [5.41, 5.74) is 9.32. The molecule has 0 aliphatic carbocycles. The Morgan fingerprint density at radius 3 is 2.17 bits per heavy atom. The van der Waals surface area contributed by atoms with Crippen molar-refractivity contribution in [2.24, 2.45) is 5.73 Å². The molecule has 3 aromatic carbocycles. The number of hydrogen-bond acceptors (Lipinski definition) is 4. The number of carboxylic acids is 1. The first-order valence-electron chi connectivity index (χ1n) is 9.09. The summed E-state index contributed by atoms with van der Waals surface area (Å²) in [6, 6.07) is 20.4. The van der Waals surface area contributed by atoms with E-state index in [4.69, 9.17) is 10.8 Å². The second-order valence-corrected chi connectivity index (χ2v) is 6.70. The number of fused-ring (bicyclic) bond motifs is 1. The highest BCUT2D eigenvalue weighted by molar-refractivity contribution is 6.37. The molecule has 0 saturated carbocycles. The fourth-order valence-corrected chi connectivity index (χ4v) is 3.30. The van der Waals surface area contributed by atoms with Crippen LogP contribution in [0.2, 0.25) is 0 Å². The molecule has 0 saturated heterocycles. The number of anilines is 2. The standard InChI is InChI=1S/C23H17N3O4/c24-21(27)15-8-11-17-18(12-15)26-22(28)19(17)20(13-4-2-1-3-5-13)25-16-9-6-14(7-10-16)23(29)30/h1-12,25H,(H2,24,27)(H,26,28)(H,29,30). The van der Waals surface area contributed by atoms with Crippen molar-refractivity contribution in [2.75, 3.05) is 10.6 Å². The molecule has 0 spiro atoms. The smallest absolute Gasteiger partial charge is 0.335 e. The van der Waals surface area contributed by atoms with Crippen LogP contribution in [0.3, 0.4) is 0 Å². The first kappa shape index (κ1) is 18.9. The number of hydrogen-bond donors (Lipinski definition) is 4. The summed E-state index contributed by atoms with van der Waals surface area (Å²) < 4.78 is 0. The van der Waals surface area contributed by atoms with Crippen LogP contribution in [0.25, 0.3) is 11.3 Å². The molecule has 1 aliphatic rings. The maximum absolute atomic E-state index is 12.9. The van der Waals surface area contributed by atoms with Crippen LogP contribution >= 0.6 is 0 Å². The van der Waals surface area contributed by atoms with Gasteiger partial charge in [0.25, 0.3) is 5.91 Å². The zero-order valence-corrected chi connectivity index (χ0v) is 15.7. The molecule has 0 bridgehead atoms. The third-order valence-electron chi connectivity index (χ3n) is 4.76. The minimum atomic E-state index is -1.02. The lowest BCUT2D eigenvalue weighted by Gasteiger charge is -2.15. The highest BCUT2D eigenvalue weighted by Gasteiger charge is 2.29. The van der Waals surface area contributed by atoms with Crippen LogP contribution in [0.15, 0.2) is 72.8 Å². The second-order valence-electron chi connectivity index (χ2n) is 6.70. The van der Waals surface area contributed by atoms with Gasteiger partial charge in [-0.15, -0.1) is 0 Å². The van der Waals surface area contributed by atoms with Crippen LogP contribution in [-0.4, -0.2) is 22.9 Å². The maximum atomic E-state index is 12.9. The number of nitrogens with two attached hydrogens (primary N) is 1. The molecule has 0 fully saturated rings. The number of amides is 2. The van der Waals surface area contributed by atoms with Gasteiger partial charge >= 0.3 is 5.97 Å². The van der Waals surface area contributed by atoms with E-state index in [1.807, 2.05) is 30.3 Å². The normalized spacial score (nSPS) is 13.9. The van der Waals surface area contributed by atoms with Crippen molar-refractivity contribution >= 4 is 40.4 Å². The molecule has 2 amide bonds. The minimum Gasteiger partial charge on any atom is -0.478 e. The lowest BCUT2D eigenvalue weighted by Crippen LogP contribution is -2.11. The van der Waals surface area contributed by atoms with E-state index < -0.39 is 11.9 Å². The summed E-state index contributed by atoms with van der Waals surface area (Å²) in [7, 11) is 0. The molecule has 5 N–H and O–H groups in total. The van der Waals surface area contributed by atoms with Gasteiger partial charge in [-0.1, -0.05) is 36.4 Å². The number of carbonyl (C=O) groups is 3. The summed E-state index contributed by atoms with van der Waals surface area (Å²) in [5.74, 6) is -1.91. The number of benzene rings is 3. The van der Waals surface area contributed by atoms with Crippen molar-refractivity contribution in [1.82, 2.24) is 0 Å². The SMILES string of the molecule is NC(=O)c1ccc2c(c1)NC(=O)C2=C(Nc1ccc(C(=O)O)cc1)c1ccccc1. The van der Waals surface area contributed by atoms with E-state index in [9.17, 15) is 14.4 Å². The predicted octanol–water partition coefficient (Wildman–Crippen LogP) is 3.42. The molecule has 1 heterocycles. The molecular formula is C23H17N3O4. The molecule has 3 aromatic rings. The Hall–Kier alpha value is -4.39. The number of nitrogens with one attached hydrogen (secondary N) is 2. The van der Waals surface area contributed by atoms with E-state index >= 15 is 0 Å². The molecule has 0 aromatic heterocycles. The van der Waals surface area contributed by atoms with Crippen molar-refractivity contribution in [3.05, 3.63) is 95.1 Å². The van der Waals surface area contributed by atoms with Crippen LogP contribution < -0.4 is 16.4 Å². The Kier molecular flexibility index (Phi) is 4.77. The van der Waals surface area contributed by atoms with E-state index in [1.54, 1.807) is 30.3 Å². The van der Waals surface area contributed by atoms with E-state index in [-0.39, 0.29) is 11.5 Å². The fourth-order valence-electron chi connectivity index (χ4n) is 3.30. The van der Waals surface area contributed by atoms with Crippen LogP contribution in [0.4, 0.5) is 11.4 Å². The van der Waals surface area contributed by atoms with Gasteiger partial charge in [0.15, 0.2) is 0 Å². The topological polar surface area (TPSA) is 122 Å². The van der Waals surface area contributed by atoms with Crippen molar-refractivity contribution in [3.8, 4) is 0 Å². The Morgan fingerprint density at radius 1 is 0.867 bits per heavy atom. The van der Waals surface area contributed by atoms with Gasteiger partial charge in [-0.05, 0) is 42.0 Å². The largest absolute Gasteiger partial charge is 0.478 e. The first-order chi connectivity index (χ1) is 14.4. The molecule has 4 rings (SSSR count). The lowest BCUT2D eigenvalue weighted by atomic mass is 9.99. The van der Waals surface area contributed by atoms with E-state index in [0.717, 1.165) is 5.56 Å². The Balaban J connectivity index is 1.84. The van der Waals surface area contributed by atoms with Crippen molar-refractivity contribution in [2.45, 2.75) is 0 Å². The van der Waals surface area contributed by atoms with Gasteiger partial charge in [0.2, 0.25) is 5.91 Å². The van der Waals surface area contributed by atoms with Crippen LogP contribution in [0.5, 0.6) is 0 Å². The van der Waals surface area contributed by atoms with Crippen LogP contribution in [0.1, 0.15) is 31.8 Å². The Labute approximate surface area is 171 Å². The fraction of sp³-hybridized carbons (Fsp3) is 0. The second kappa shape index (κ2) is 7.56. The third-order valence-corrected chi connectivity index (χ3v) is 4.76. The quantitative estimate of drug-likeness (QED) is 0.490. The summed E-state index contributed by atoms with van der Waals surface area (Å²) in [4.78, 5) is 35.4. The molecule has 30 heavy (non-hydrogen) atoms. The number of primary amides is 1. The van der Waals surface area contributed by atoms with Gasteiger partial charge in [-0.3, -0.25) is 9.59 Å².